The number of hydrogen-bond acceptors (Lipinski definition) is 10. The number of rotatable bonds is 14. The first-order valence-electron chi connectivity index (χ1n) is 14.4. The maximum Gasteiger partial charge on any atom is 0.337 e. The SMILES string of the molecule is CCOc1cc([C@@H]2NC(=O)NC(C)=C2C(=O)OC)ccc1OC[C@H](O)N/N=C\c1cc(I)c(OCc2cccc(C)c2)c(OC)c1. The molecule has 1 aliphatic heterocycles. The van der Waals surface area contributed by atoms with Gasteiger partial charge in [0.15, 0.2) is 29.2 Å². The van der Waals surface area contributed by atoms with E-state index < -0.39 is 24.3 Å². The number of esters is 1. The van der Waals surface area contributed by atoms with Crippen molar-refractivity contribution >= 4 is 40.8 Å². The van der Waals surface area contributed by atoms with Crippen LogP contribution >= 0.6 is 22.6 Å². The minimum Gasteiger partial charge on any atom is -0.493 e. The maximum atomic E-state index is 12.5. The Balaban J connectivity index is 1.39. The molecule has 2 atom stereocenters. The van der Waals surface area contributed by atoms with Gasteiger partial charge in [-0.1, -0.05) is 35.9 Å². The number of benzene rings is 3. The Labute approximate surface area is 281 Å². The Morgan fingerprint density at radius 2 is 1.87 bits per heavy atom. The highest BCUT2D eigenvalue weighted by atomic mass is 127. The summed E-state index contributed by atoms with van der Waals surface area (Å²) in [5, 5.41) is 20.0. The molecule has 3 aromatic rings. The first-order chi connectivity index (χ1) is 22.1. The summed E-state index contributed by atoms with van der Waals surface area (Å²) >= 11 is 2.19. The van der Waals surface area contributed by atoms with Crippen molar-refractivity contribution in [3.8, 4) is 23.0 Å². The zero-order chi connectivity index (χ0) is 33.2. The lowest BCUT2D eigenvalue weighted by molar-refractivity contribution is -0.136. The molecule has 0 spiro atoms. The largest absolute Gasteiger partial charge is 0.493 e. The smallest absolute Gasteiger partial charge is 0.337 e. The van der Waals surface area contributed by atoms with Crippen molar-refractivity contribution in [1.29, 1.82) is 0 Å². The van der Waals surface area contributed by atoms with E-state index in [9.17, 15) is 14.7 Å². The van der Waals surface area contributed by atoms with E-state index in [0.29, 0.717) is 47.5 Å². The molecule has 0 saturated heterocycles. The Hall–Kier alpha value is -4.50. The molecular weight excluding hydrogens is 707 g/mol. The molecule has 1 aliphatic rings. The maximum absolute atomic E-state index is 12.5. The van der Waals surface area contributed by atoms with Crippen molar-refractivity contribution in [3.05, 3.63) is 91.7 Å². The zero-order valence-corrected chi connectivity index (χ0v) is 28.3. The molecule has 0 fully saturated rings. The van der Waals surface area contributed by atoms with Crippen molar-refractivity contribution in [1.82, 2.24) is 16.1 Å². The fraction of sp³-hybridized carbons (Fsp3) is 0.303. The number of halogens is 1. The Kier molecular flexibility index (Phi) is 12.1. The molecular formula is C33H37IN4O8. The predicted molar refractivity (Wildman–Crippen MR) is 180 cm³/mol. The van der Waals surface area contributed by atoms with Crippen LogP contribution in [0.4, 0.5) is 4.79 Å². The Morgan fingerprint density at radius 3 is 2.59 bits per heavy atom. The third-order valence-corrected chi connectivity index (χ3v) is 7.63. The molecule has 0 unspecified atom stereocenters. The predicted octanol–water partition coefficient (Wildman–Crippen LogP) is 4.71. The zero-order valence-electron chi connectivity index (χ0n) is 26.2. The molecule has 2 amide bonds. The van der Waals surface area contributed by atoms with Crippen LogP contribution in [0.1, 0.15) is 42.1 Å². The van der Waals surface area contributed by atoms with Crippen LogP contribution in [0.25, 0.3) is 0 Å². The van der Waals surface area contributed by atoms with Gasteiger partial charge in [-0.25, -0.2) is 9.59 Å². The molecule has 3 aromatic carbocycles. The summed E-state index contributed by atoms with van der Waals surface area (Å²) in [4.78, 5) is 24.6. The molecule has 12 nitrogen and oxygen atoms in total. The van der Waals surface area contributed by atoms with Gasteiger partial charge < -0.3 is 39.4 Å². The summed E-state index contributed by atoms with van der Waals surface area (Å²) in [6, 6.07) is 15.6. The number of aliphatic hydroxyl groups is 1. The van der Waals surface area contributed by atoms with Crippen LogP contribution < -0.4 is 35.0 Å². The van der Waals surface area contributed by atoms with Gasteiger partial charge in [-0.05, 0) is 84.3 Å². The minimum atomic E-state index is -1.15. The molecule has 13 heteroatoms. The number of aliphatic hydroxyl groups excluding tert-OH is 1. The Morgan fingerprint density at radius 1 is 1.07 bits per heavy atom. The molecule has 0 saturated carbocycles. The van der Waals surface area contributed by atoms with Crippen LogP contribution in [0.5, 0.6) is 23.0 Å². The van der Waals surface area contributed by atoms with Crippen LogP contribution in [0.3, 0.4) is 0 Å². The number of hydrazone groups is 1. The third kappa shape index (κ3) is 8.81. The topological polar surface area (TPSA) is 149 Å². The van der Waals surface area contributed by atoms with Crippen LogP contribution in [-0.4, -0.2) is 57.0 Å². The first kappa shape index (κ1) is 34.4. The van der Waals surface area contributed by atoms with Crippen molar-refractivity contribution < 1.29 is 38.4 Å². The van der Waals surface area contributed by atoms with E-state index in [1.54, 1.807) is 44.5 Å². The number of urea groups is 1. The summed E-state index contributed by atoms with van der Waals surface area (Å²) in [6.45, 7) is 6.07. The number of hydrogen-bond donors (Lipinski definition) is 4. The summed E-state index contributed by atoms with van der Waals surface area (Å²) in [6.07, 6.45) is 0.406. The van der Waals surface area contributed by atoms with Gasteiger partial charge in [0, 0.05) is 5.70 Å². The van der Waals surface area contributed by atoms with Gasteiger partial charge >= 0.3 is 12.0 Å². The lowest BCUT2D eigenvalue weighted by Crippen LogP contribution is -2.45. The summed E-state index contributed by atoms with van der Waals surface area (Å²) < 4.78 is 29.0. The lowest BCUT2D eigenvalue weighted by atomic mass is 9.95. The van der Waals surface area contributed by atoms with E-state index in [1.165, 1.54) is 7.11 Å². The number of carbonyl (C=O) groups is 2. The van der Waals surface area contributed by atoms with Crippen LogP contribution in [0.2, 0.25) is 0 Å². The monoisotopic (exact) mass is 744 g/mol. The highest BCUT2D eigenvalue weighted by molar-refractivity contribution is 14.1. The van der Waals surface area contributed by atoms with E-state index in [1.807, 2.05) is 38.1 Å². The average molecular weight is 745 g/mol. The second-order valence-electron chi connectivity index (χ2n) is 10.2. The third-order valence-electron chi connectivity index (χ3n) is 6.83. The average Bonchev–Trinajstić information content (AvgIpc) is 3.03. The van der Waals surface area contributed by atoms with E-state index in [0.717, 1.165) is 20.3 Å². The number of carbonyl (C=O) groups excluding carboxylic acids is 2. The highest BCUT2D eigenvalue weighted by Gasteiger charge is 2.32. The van der Waals surface area contributed by atoms with Gasteiger partial charge in [0.25, 0.3) is 0 Å². The van der Waals surface area contributed by atoms with E-state index in [2.05, 4.69) is 49.8 Å². The summed E-state index contributed by atoms with van der Waals surface area (Å²) in [5.41, 5.74) is 6.85. The number of nitrogens with zero attached hydrogens (tertiary/aromatic N) is 1. The van der Waals surface area contributed by atoms with Crippen LogP contribution in [-0.2, 0) is 16.1 Å². The second kappa shape index (κ2) is 16.2. The molecule has 0 radical (unpaired) electrons. The van der Waals surface area contributed by atoms with Crippen molar-refractivity contribution in [3.63, 3.8) is 0 Å². The summed E-state index contributed by atoms with van der Waals surface area (Å²) in [5.74, 6) is 1.35. The quantitative estimate of drug-likeness (QED) is 0.0606. The fourth-order valence-electron chi connectivity index (χ4n) is 4.73. The number of allylic oxidation sites excluding steroid dienone is 1. The van der Waals surface area contributed by atoms with Crippen molar-refractivity contribution in [2.75, 3.05) is 27.4 Å². The molecule has 46 heavy (non-hydrogen) atoms. The van der Waals surface area contributed by atoms with Crippen molar-refractivity contribution in [2.45, 2.75) is 39.6 Å². The molecule has 0 aliphatic carbocycles. The van der Waals surface area contributed by atoms with Crippen LogP contribution in [0, 0.1) is 10.5 Å². The van der Waals surface area contributed by atoms with Gasteiger partial charge in [0.05, 0.1) is 42.2 Å². The molecule has 0 bridgehead atoms. The number of nitrogens with one attached hydrogen (secondary N) is 3. The fourth-order valence-corrected chi connectivity index (χ4v) is 5.51. The second-order valence-corrected chi connectivity index (χ2v) is 11.4. The standard InChI is InChI=1S/C33H37IN4O8/c1-6-44-26-15-23(30-29(32(40)43-5)20(3)36-33(41)37-30)10-11-25(26)45-18-28(39)38-35-16-22-13-24(34)31(27(14-22)42-4)46-17-21-9-7-8-19(2)12-21/h7-16,28,30,38-39H,6,17-18H2,1-5H3,(H2,36,37,41)/b35-16-/t28-,30-/m0/s1. The molecule has 0 aromatic heterocycles. The van der Waals surface area contributed by atoms with Gasteiger partial charge in [-0.3, -0.25) is 5.43 Å². The van der Waals surface area contributed by atoms with Gasteiger partial charge in [-0.15, -0.1) is 0 Å². The number of aryl methyl sites for hydroxylation is 1. The minimum absolute atomic E-state index is 0.153. The lowest BCUT2D eigenvalue weighted by Gasteiger charge is -2.28. The van der Waals surface area contributed by atoms with E-state index >= 15 is 0 Å². The molecule has 1 heterocycles. The normalized spacial score (nSPS) is 15.1. The number of methoxy groups -OCH3 is 2. The molecule has 244 valence electrons. The molecule has 4 rings (SSSR count). The number of amides is 2. The Bertz CT molecular complexity index is 1630. The first-order valence-corrected chi connectivity index (χ1v) is 15.5. The van der Waals surface area contributed by atoms with Gasteiger partial charge in [0.2, 0.25) is 0 Å². The van der Waals surface area contributed by atoms with Crippen LogP contribution in [0.15, 0.2) is 71.0 Å². The van der Waals surface area contributed by atoms with Crippen molar-refractivity contribution in [2.24, 2.45) is 5.10 Å². The van der Waals surface area contributed by atoms with E-state index in [4.69, 9.17) is 23.7 Å². The van der Waals surface area contributed by atoms with Gasteiger partial charge in [0.1, 0.15) is 13.2 Å². The molecule has 4 N–H and O–H groups in total. The number of ether oxygens (including phenoxy) is 5. The highest BCUT2D eigenvalue weighted by Crippen LogP contribution is 2.36. The van der Waals surface area contributed by atoms with Gasteiger partial charge in [-0.2, -0.15) is 5.10 Å². The summed E-state index contributed by atoms with van der Waals surface area (Å²) in [7, 11) is 2.85. The van der Waals surface area contributed by atoms with E-state index in [-0.39, 0.29) is 12.2 Å².